The lowest BCUT2D eigenvalue weighted by Gasteiger charge is -2.23. The monoisotopic (exact) mass is 433 g/mol. The van der Waals surface area contributed by atoms with Gasteiger partial charge < -0.3 is 10.6 Å². The summed E-state index contributed by atoms with van der Waals surface area (Å²) in [4.78, 5) is 38.4. The minimum atomic E-state index is -1.35. The molecule has 0 spiro atoms. The average molecular weight is 434 g/mol. The van der Waals surface area contributed by atoms with Crippen molar-refractivity contribution in [3.8, 4) is 0 Å². The topological polar surface area (TPSA) is 78.5 Å². The second-order valence-corrected chi connectivity index (χ2v) is 7.85. The van der Waals surface area contributed by atoms with Gasteiger partial charge in [0.2, 0.25) is 5.91 Å². The number of urea groups is 1. The molecule has 0 aromatic heterocycles. The molecule has 1 aliphatic heterocycles. The Balaban J connectivity index is 1.57. The predicted octanol–water partition coefficient (Wildman–Crippen LogP) is 3.51. The van der Waals surface area contributed by atoms with E-state index in [1.807, 2.05) is 30.3 Å². The van der Waals surface area contributed by atoms with Crippen LogP contribution in [-0.4, -0.2) is 35.8 Å². The summed E-state index contributed by atoms with van der Waals surface area (Å²) in [6.07, 6.45) is 1.59. The van der Waals surface area contributed by atoms with E-state index in [9.17, 15) is 14.4 Å². The third-order valence-electron chi connectivity index (χ3n) is 4.85. The summed E-state index contributed by atoms with van der Waals surface area (Å²) in [7, 11) is 0. The number of benzene rings is 2. The lowest BCUT2D eigenvalue weighted by molar-refractivity contribution is -0.134. The highest BCUT2D eigenvalue weighted by Gasteiger charge is 2.50. The van der Waals surface area contributed by atoms with Crippen LogP contribution in [0.5, 0.6) is 0 Å². The Bertz CT molecular complexity index is 936. The summed E-state index contributed by atoms with van der Waals surface area (Å²) in [5.41, 5.74) is 0.256. The van der Waals surface area contributed by atoms with Gasteiger partial charge in [-0.15, -0.1) is 0 Å². The third kappa shape index (κ3) is 4.71. The molecule has 1 heterocycles. The van der Waals surface area contributed by atoms with E-state index in [4.69, 9.17) is 23.2 Å². The zero-order chi connectivity index (χ0) is 21.0. The molecule has 2 aromatic carbocycles. The molecule has 0 radical (unpaired) electrons. The van der Waals surface area contributed by atoms with Crippen molar-refractivity contribution < 1.29 is 14.4 Å². The van der Waals surface area contributed by atoms with Crippen molar-refractivity contribution in [2.45, 2.75) is 25.3 Å². The maximum Gasteiger partial charge on any atom is 0.325 e. The van der Waals surface area contributed by atoms with Crippen LogP contribution in [0, 0.1) is 0 Å². The van der Waals surface area contributed by atoms with Gasteiger partial charge in [0.1, 0.15) is 12.1 Å². The van der Waals surface area contributed by atoms with Crippen molar-refractivity contribution >= 4 is 41.0 Å². The fraction of sp³-hybridized carbons (Fsp3) is 0.286. The Morgan fingerprint density at radius 2 is 1.86 bits per heavy atom. The van der Waals surface area contributed by atoms with Crippen LogP contribution in [0.3, 0.4) is 0 Å². The largest absolute Gasteiger partial charge is 0.355 e. The summed E-state index contributed by atoms with van der Waals surface area (Å²) in [5, 5.41) is 6.07. The molecule has 8 heteroatoms. The maximum absolute atomic E-state index is 12.9. The summed E-state index contributed by atoms with van der Waals surface area (Å²) >= 11 is 12.1. The van der Waals surface area contributed by atoms with Gasteiger partial charge in [0.15, 0.2) is 0 Å². The van der Waals surface area contributed by atoms with E-state index in [0.29, 0.717) is 17.1 Å². The van der Waals surface area contributed by atoms with Crippen LogP contribution >= 0.6 is 23.2 Å². The van der Waals surface area contributed by atoms with Gasteiger partial charge in [-0.2, -0.15) is 0 Å². The number of carbonyl (C=O) groups is 3. The van der Waals surface area contributed by atoms with Gasteiger partial charge in [-0.25, -0.2) is 4.79 Å². The maximum atomic E-state index is 12.9. The third-order valence-corrected chi connectivity index (χ3v) is 5.40. The lowest BCUT2D eigenvalue weighted by atomic mass is 9.92. The van der Waals surface area contributed by atoms with Crippen LogP contribution in [0.2, 0.25) is 10.0 Å². The zero-order valence-electron chi connectivity index (χ0n) is 15.9. The molecular weight excluding hydrogens is 413 g/mol. The highest BCUT2D eigenvalue weighted by atomic mass is 35.5. The van der Waals surface area contributed by atoms with Crippen molar-refractivity contribution in [3.63, 3.8) is 0 Å². The fourth-order valence-corrected chi connectivity index (χ4v) is 3.88. The van der Waals surface area contributed by atoms with E-state index >= 15 is 0 Å². The summed E-state index contributed by atoms with van der Waals surface area (Å²) in [6, 6.07) is 14.0. The number of carbonyl (C=O) groups excluding carboxylic acids is 3. The summed E-state index contributed by atoms with van der Waals surface area (Å²) in [6.45, 7) is 1.66. The van der Waals surface area contributed by atoms with Gasteiger partial charge in [0.05, 0.1) is 0 Å². The van der Waals surface area contributed by atoms with Crippen LogP contribution in [0.1, 0.15) is 24.5 Å². The van der Waals surface area contributed by atoms with E-state index in [0.717, 1.165) is 17.7 Å². The number of aryl methyl sites for hydroxylation is 1. The number of imide groups is 1. The summed E-state index contributed by atoms with van der Waals surface area (Å²) in [5.74, 6) is -0.931. The molecule has 1 aliphatic rings. The molecule has 0 aliphatic carbocycles. The van der Waals surface area contributed by atoms with E-state index in [1.165, 1.54) is 11.6 Å². The molecule has 1 saturated heterocycles. The standard InChI is InChI=1S/C21H21Cl2N3O3/c1-21(16-10-9-15(22)12-17(16)23)19(28)26(20(29)25-21)13-18(27)24-11-5-8-14-6-3-2-4-7-14/h2-4,6-7,9-10,12H,5,8,11,13H2,1H3,(H,24,27)(H,25,29). The first-order chi connectivity index (χ1) is 13.8. The molecule has 3 rings (SSSR count). The van der Waals surface area contributed by atoms with Gasteiger partial charge >= 0.3 is 6.03 Å². The molecule has 1 fully saturated rings. The van der Waals surface area contributed by atoms with E-state index in [2.05, 4.69) is 10.6 Å². The molecular formula is C21H21Cl2N3O3. The first-order valence-corrected chi connectivity index (χ1v) is 9.97. The zero-order valence-corrected chi connectivity index (χ0v) is 17.4. The van der Waals surface area contributed by atoms with E-state index in [-0.39, 0.29) is 11.6 Å². The van der Waals surface area contributed by atoms with Gasteiger partial charge in [0, 0.05) is 22.2 Å². The van der Waals surface area contributed by atoms with Crippen LogP contribution in [0.15, 0.2) is 48.5 Å². The number of halogens is 2. The normalized spacial score (nSPS) is 18.7. The van der Waals surface area contributed by atoms with Crippen molar-refractivity contribution in [2.75, 3.05) is 13.1 Å². The molecule has 0 bridgehead atoms. The van der Waals surface area contributed by atoms with E-state index < -0.39 is 23.4 Å². The molecule has 6 nitrogen and oxygen atoms in total. The minimum absolute atomic E-state index is 0.265. The van der Waals surface area contributed by atoms with Crippen LogP contribution in [-0.2, 0) is 21.5 Å². The van der Waals surface area contributed by atoms with Crippen molar-refractivity contribution in [1.29, 1.82) is 0 Å². The van der Waals surface area contributed by atoms with Crippen molar-refractivity contribution in [3.05, 3.63) is 69.7 Å². The first kappa shape index (κ1) is 21.1. The highest BCUT2D eigenvalue weighted by molar-refractivity contribution is 6.35. The van der Waals surface area contributed by atoms with Gasteiger partial charge in [-0.3, -0.25) is 14.5 Å². The average Bonchev–Trinajstić information content (AvgIpc) is 2.89. The number of hydrogen-bond acceptors (Lipinski definition) is 3. The van der Waals surface area contributed by atoms with E-state index in [1.54, 1.807) is 19.1 Å². The lowest BCUT2D eigenvalue weighted by Crippen LogP contribution is -2.43. The predicted molar refractivity (Wildman–Crippen MR) is 112 cm³/mol. The second-order valence-electron chi connectivity index (χ2n) is 7.01. The van der Waals surface area contributed by atoms with Crippen molar-refractivity contribution in [1.82, 2.24) is 15.5 Å². The SMILES string of the molecule is CC1(c2ccc(Cl)cc2Cl)NC(=O)N(CC(=O)NCCCc2ccccc2)C1=O. The van der Waals surface area contributed by atoms with Gasteiger partial charge in [-0.1, -0.05) is 59.6 Å². The number of rotatable bonds is 7. The van der Waals surface area contributed by atoms with Gasteiger partial charge in [0.25, 0.3) is 5.91 Å². The smallest absolute Gasteiger partial charge is 0.325 e. The highest BCUT2D eigenvalue weighted by Crippen LogP contribution is 2.34. The van der Waals surface area contributed by atoms with Crippen LogP contribution < -0.4 is 10.6 Å². The summed E-state index contributed by atoms with van der Waals surface area (Å²) < 4.78 is 0. The Morgan fingerprint density at radius 3 is 2.55 bits per heavy atom. The molecule has 0 saturated carbocycles. The molecule has 4 amide bonds. The van der Waals surface area contributed by atoms with Crippen molar-refractivity contribution in [2.24, 2.45) is 0 Å². The fourth-order valence-electron chi connectivity index (χ4n) is 3.28. The molecule has 2 N–H and O–H groups in total. The quantitative estimate of drug-likeness (QED) is 0.517. The molecule has 2 aromatic rings. The minimum Gasteiger partial charge on any atom is -0.355 e. The number of amides is 4. The first-order valence-electron chi connectivity index (χ1n) is 9.21. The Hall–Kier alpha value is -2.57. The molecule has 1 unspecified atom stereocenters. The van der Waals surface area contributed by atoms with Crippen LogP contribution in [0.25, 0.3) is 0 Å². The number of nitrogens with one attached hydrogen (secondary N) is 2. The number of nitrogens with zero attached hydrogens (tertiary/aromatic N) is 1. The molecule has 29 heavy (non-hydrogen) atoms. The van der Waals surface area contributed by atoms with Crippen LogP contribution in [0.4, 0.5) is 4.79 Å². The Morgan fingerprint density at radius 1 is 1.14 bits per heavy atom. The molecule has 1 atom stereocenters. The second kappa shape index (κ2) is 8.84. The van der Waals surface area contributed by atoms with Gasteiger partial charge in [-0.05, 0) is 37.5 Å². The Kier molecular flexibility index (Phi) is 6.45. The number of hydrogen-bond donors (Lipinski definition) is 2. The molecule has 152 valence electrons. The Labute approximate surface area is 179 Å².